The van der Waals surface area contributed by atoms with Gasteiger partial charge in [0.05, 0.1) is 6.07 Å². The van der Waals surface area contributed by atoms with Crippen molar-refractivity contribution in [2.45, 2.75) is 25.8 Å². The minimum absolute atomic E-state index is 0.281. The van der Waals surface area contributed by atoms with E-state index in [0.29, 0.717) is 23.6 Å². The van der Waals surface area contributed by atoms with Crippen molar-refractivity contribution in [1.29, 1.82) is 5.26 Å². The van der Waals surface area contributed by atoms with Crippen molar-refractivity contribution in [3.05, 3.63) is 34.6 Å². The van der Waals surface area contributed by atoms with E-state index in [-0.39, 0.29) is 5.82 Å². The molecule has 0 bridgehead atoms. The normalized spacial score (nSPS) is 10.1. The molecule has 16 heavy (non-hydrogen) atoms. The first-order valence-electron chi connectivity index (χ1n) is 5.26. The summed E-state index contributed by atoms with van der Waals surface area (Å²) in [4.78, 5) is 0. The van der Waals surface area contributed by atoms with Gasteiger partial charge in [-0.3, -0.25) is 0 Å². The third-order valence-corrected chi connectivity index (χ3v) is 2.61. The van der Waals surface area contributed by atoms with E-state index in [2.05, 4.69) is 11.4 Å². The van der Waals surface area contributed by atoms with Crippen molar-refractivity contribution >= 4 is 11.6 Å². The fourth-order valence-corrected chi connectivity index (χ4v) is 1.60. The number of hydrogen-bond donors (Lipinski definition) is 1. The lowest BCUT2D eigenvalue weighted by molar-refractivity contribution is 0.577. The van der Waals surface area contributed by atoms with E-state index in [1.54, 1.807) is 12.1 Å². The first-order valence-corrected chi connectivity index (χ1v) is 5.64. The Labute approximate surface area is 100 Å². The first-order chi connectivity index (χ1) is 7.75. The maximum absolute atomic E-state index is 13.3. The van der Waals surface area contributed by atoms with E-state index in [0.717, 1.165) is 19.4 Å². The number of nitrogens with zero attached hydrogens (tertiary/aromatic N) is 1. The lowest BCUT2D eigenvalue weighted by Gasteiger charge is -2.07. The number of halogens is 2. The minimum atomic E-state index is -0.281. The topological polar surface area (TPSA) is 35.8 Å². The van der Waals surface area contributed by atoms with Gasteiger partial charge < -0.3 is 5.32 Å². The molecule has 0 saturated carbocycles. The van der Waals surface area contributed by atoms with Crippen LogP contribution < -0.4 is 5.32 Å². The van der Waals surface area contributed by atoms with Crippen molar-refractivity contribution in [1.82, 2.24) is 5.32 Å². The average Bonchev–Trinajstić information content (AvgIpc) is 2.26. The molecule has 0 atom stereocenters. The second-order valence-corrected chi connectivity index (χ2v) is 3.90. The van der Waals surface area contributed by atoms with Crippen molar-refractivity contribution in [3.63, 3.8) is 0 Å². The van der Waals surface area contributed by atoms with Crippen LogP contribution in [0.4, 0.5) is 4.39 Å². The zero-order valence-corrected chi connectivity index (χ0v) is 9.73. The molecule has 0 aromatic heterocycles. The van der Waals surface area contributed by atoms with Gasteiger partial charge in [0.15, 0.2) is 0 Å². The lowest BCUT2D eigenvalue weighted by atomic mass is 10.2. The summed E-state index contributed by atoms with van der Waals surface area (Å²) >= 11 is 5.87. The number of rotatable bonds is 6. The van der Waals surface area contributed by atoms with E-state index < -0.39 is 0 Å². The minimum Gasteiger partial charge on any atom is -0.313 e. The third-order valence-electron chi connectivity index (χ3n) is 2.26. The molecule has 0 spiro atoms. The quantitative estimate of drug-likeness (QED) is 0.775. The molecule has 1 aromatic rings. The second-order valence-electron chi connectivity index (χ2n) is 3.49. The molecule has 0 aliphatic rings. The second kappa shape index (κ2) is 7.21. The van der Waals surface area contributed by atoms with Crippen molar-refractivity contribution in [2.75, 3.05) is 6.54 Å². The highest BCUT2D eigenvalue weighted by Gasteiger charge is 2.05. The summed E-state index contributed by atoms with van der Waals surface area (Å²) in [6.45, 7) is 1.20. The Kier molecular flexibility index (Phi) is 5.84. The molecule has 0 saturated heterocycles. The Balaban J connectivity index is 2.30. The molecule has 0 aliphatic heterocycles. The Hall–Kier alpha value is -1.11. The predicted molar refractivity (Wildman–Crippen MR) is 62.6 cm³/mol. The van der Waals surface area contributed by atoms with Crippen LogP contribution in [0, 0.1) is 17.1 Å². The highest BCUT2D eigenvalue weighted by Crippen LogP contribution is 2.18. The summed E-state index contributed by atoms with van der Waals surface area (Å²) in [5.41, 5.74) is 0.504. The summed E-state index contributed by atoms with van der Waals surface area (Å²) < 4.78 is 13.3. The number of hydrogen-bond acceptors (Lipinski definition) is 2. The molecular formula is C12H14ClFN2. The van der Waals surface area contributed by atoms with E-state index in [1.807, 2.05) is 0 Å². The molecule has 1 rings (SSSR count). The summed E-state index contributed by atoms with van der Waals surface area (Å²) in [5, 5.41) is 11.9. The Bertz CT molecular complexity index is 354. The van der Waals surface area contributed by atoms with Crippen LogP contribution in [0.25, 0.3) is 0 Å². The van der Waals surface area contributed by atoms with Gasteiger partial charge in [-0.25, -0.2) is 4.39 Å². The summed E-state index contributed by atoms with van der Waals surface area (Å²) in [6.07, 6.45) is 2.36. The van der Waals surface area contributed by atoms with Gasteiger partial charge in [-0.1, -0.05) is 17.7 Å². The Morgan fingerprint density at radius 3 is 2.88 bits per heavy atom. The van der Waals surface area contributed by atoms with Gasteiger partial charge in [-0.2, -0.15) is 5.26 Å². The van der Waals surface area contributed by atoms with Gasteiger partial charge in [0.2, 0.25) is 0 Å². The first kappa shape index (κ1) is 13.0. The van der Waals surface area contributed by atoms with Crippen LogP contribution in [-0.2, 0) is 6.54 Å². The van der Waals surface area contributed by atoms with Crippen LogP contribution in [0.5, 0.6) is 0 Å². The molecule has 1 N–H and O–H groups in total. The summed E-state index contributed by atoms with van der Waals surface area (Å²) in [6, 6.07) is 6.76. The molecule has 0 aliphatic carbocycles. The molecule has 0 radical (unpaired) electrons. The van der Waals surface area contributed by atoms with Crippen molar-refractivity contribution < 1.29 is 4.39 Å². The molecule has 0 fully saturated rings. The smallest absolute Gasteiger partial charge is 0.129 e. The predicted octanol–water partition coefficient (Wildman–Crippen LogP) is 3.26. The Morgan fingerprint density at radius 1 is 1.38 bits per heavy atom. The molecule has 4 heteroatoms. The van der Waals surface area contributed by atoms with E-state index in [4.69, 9.17) is 16.9 Å². The lowest BCUT2D eigenvalue weighted by Crippen LogP contribution is -2.15. The van der Waals surface area contributed by atoms with E-state index in [9.17, 15) is 4.39 Å². The zero-order chi connectivity index (χ0) is 11.8. The summed E-state index contributed by atoms with van der Waals surface area (Å²) in [7, 11) is 0. The van der Waals surface area contributed by atoms with Crippen molar-refractivity contribution in [3.8, 4) is 6.07 Å². The van der Waals surface area contributed by atoms with Crippen LogP contribution in [0.15, 0.2) is 18.2 Å². The van der Waals surface area contributed by atoms with Crippen LogP contribution in [0.1, 0.15) is 24.8 Å². The molecule has 86 valence electrons. The van der Waals surface area contributed by atoms with Gasteiger partial charge in [-0.15, -0.1) is 0 Å². The number of nitriles is 1. The van der Waals surface area contributed by atoms with Crippen LogP contribution in [0.2, 0.25) is 5.02 Å². The average molecular weight is 241 g/mol. The van der Waals surface area contributed by atoms with Gasteiger partial charge in [-0.05, 0) is 31.5 Å². The standard InChI is InChI=1S/C12H14ClFN2/c13-11-5-4-6-12(14)10(11)9-16-8-3-1-2-7-15/h4-6,16H,1-3,8-9H2. The van der Waals surface area contributed by atoms with Crippen LogP contribution >= 0.6 is 11.6 Å². The maximum Gasteiger partial charge on any atom is 0.129 e. The van der Waals surface area contributed by atoms with Gasteiger partial charge >= 0.3 is 0 Å². The van der Waals surface area contributed by atoms with Gasteiger partial charge in [0.25, 0.3) is 0 Å². The van der Waals surface area contributed by atoms with Crippen LogP contribution in [0.3, 0.4) is 0 Å². The number of nitrogens with one attached hydrogen (secondary N) is 1. The Morgan fingerprint density at radius 2 is 2.19 bits per heavy atom. The van der Waals surface area contributed by atoms with Crippen molar-refractivity contribution in [2.24, 2.45) is 0 Å². The van der Waals surface area contributed by atoms with Gasteiger partial charge in [0.1, 0.15) is 5.82 Å². The SMILES string of the molecule is N#CCCCCNCc1c(F)cccc1Cl. The van der Waals surface area contributed by atoms with E-state index >= 15 is 0 Å². The molecule has 2 nitrogen and oxygen atoms in total. The van der Waals surface area contributed by atoms with Gasteiger partial charge in [0, 0.05) is 23.6 Å². The van der Waals surface area contributed by atoms with E-state index in [1.165, 1.54) is 6.07 Å². The zero-order valence-electron chi connectivity index (χ0n) is 8.97. The third kappa shape index (κ3) is 4.18. The fraction of sp³-hybridized carbons (Fsp3) is 0.417. The number of benzene rings is 1. The monoisotopic (exact) mass is 240 g/mol. The molecule has 0 amide bonds. The highest BCUT2D eigenvalue weighted by atomic mass is 35.5. The molecule has 1 aromatic carbocycles. The highest BCUT2D eigenvalue weighted by molar-refractivity contribution is 6.31. The molecular weight excluding hydrogens is 227 g/mol. The molecule has 0 heterocycles. The fourth-order valence-electron chi connectivity index (χ4n) is 1.37. The largest absolute Gasteiger partial charge is 0.313 e. The maximum atomic E-state index is 13.3. The molecule has 0 unspecified atom stereocenters. The van der Waals surface area contributed by atoms with Crippen LogP contribution in [-0.4, -0.2) is 6.54 Å². The number of unbranched alkanes of at least 4 members (excludes halogenated alkanes) is 2. The summed E-state index contributed by atoms with van der Waals surface area (Å²) in [5.74, 6) is -0.281.